The highest BCUT2D eigenvalue weighted by molar-refractivity contribution is 5.85. The molecule has 0 fully saturated rings. The number of rotatable bonds is 5. The highest BCUT2D eigenvalue weighted by Crippen LogP contribution is 2.06. The minimum absolute atomic E-state index is 0.135. The van der Waals surface area contributed by atoms with Gasteiger partial charge in [0.2, 0.25) is 5.91 Å². The molecule has 2 N–H and O–H groups in total. The molecule has 0 aromatic heterocycles. The molecule has 1 aromatic carbocycles. The zero-order valence-corrected chi connectivity index (χ0v) is 10.9. The molecule has 18 heavy (non-hydrogen) atoms. The molecule has 0 bridgehead atoms. The predicted octanol–water partition coefficient (Wildman–Crippen LogP) is 1.76. The van der Waals surface area contributed by atoms with Crippen LogP contribution in [-0.4, -0.2) is 23.0 Å². The average Bonchev–Trinajstić information content (AvgIpc) is 2.28. The summed E-state index contributed by atoms with van der Waals surface area (Å²) in [5.41, 5.74) is 2.01. The number of aryl methyl sites for hydroxylation is 1. The van der Waals surface area contributed by atoms with Gasteiger partial charge in [0.25, 0.3) is 0 Å². The van der Waals surface area contributed by atoms with Crippen LogP contribution in [0.15, 0.2) is 24.3 Å². The van der Waals surface area contributed by atoms with Crippen molar-refractivity contribution >= 4 is 11.9 Å². The standard InChI is InChI=1S/C14H19NO3/c1-9(2)13(14(17)18)15-12(16)8-11-6-4-10(3)5-7-11/h4-7,9,13H,8H2,1-3H3,(H,15,16)(H,17,18). The van der Waals surface area contributed by atoms with E-state index in [1.807, 2.05) is 31.2 Å². The summed E-state index contributed by atoms with van der Waals surface area (Å²) in [5, 5.41) is 11.5. The highest BCUT2D eigenvalue weighted by atomic mass is 16.4. The van der Waals surface area contributed by atoms with Gasteiger partial charge in [-0.2, -0.15) is 0 Å². The molecule has 1 amide bonds. The molecule has 0 aliphatic rings. The topological polar surface area (TPSA) is 66.4 Å². The first-order valence-corrected chi connectivity index (χ1v) is 5.98. The van der Waals surface area contributed by atoms with Gasteiger partial charge in [-0.15, -0.1) is 0 Å². The Morgan fingerprint density at radius 1 is 1.22 bits per heavy atom. The Morgan fingerprint density at radius 2 is 1.78 bits per heavy atom. The summed E-state index contributed by atoms with van der Waals surface area (Å²) in [6, 6.07) is 6.78. The van der Waals surface area contributed by atoms with E-state index >= 15 is 0 Å². The third-order valence-electron chi connectivity index (χ3n) is 2.73. The summed E-state index contributed by atoms with van der Waals surface area (Å²) in [4.78, 5) is 22.7. The Morgan fingerprint density at radius 3 is 2.22 bits per heavy atom. The minimum Gasteiger partial charge on any atom is -0.480 e. The van der Waals surface area contributed by atoms with Crippen LogP contribution in [0.1, 0.15) is 25.0 Å². The molecule has 0 aliphatic heterocycles. The summed E-state index contributed by atoms with van der Waals surface area (Å²) in [6.07, 6.45) is 0.205. The molecule has 1 atom stereocenters. The first kappa shape index (κ1) is 14.2. The number of hydrogen-bond donors (Lipinski definition) is 2. The maximum absolute atomic E-state index is 11.7. The lowest BCUT2D eigenvalue weighted by Gasteiger charge is -2.17. The lowest BCUT2D eigenvalue weighted by molar-refractivity contribution is -0.143. The van der Waals surface area contributed by atoms with E-state index in [1.165, 1.54) is 0 Å². The largest absolute Gasteiger partial charge is 0.480 e. The monoisotopic (exact) mass is 249 g/mol. The number of carboxylic acids is 1. The smallest absolute Gasteiger partial charge is 0.326 e. The molecule has 0 spiro atoms. The predicted molar refractivity (Wildman–Crippen MR) is 69.3 cm³/mol. The molecular weight excluding hydrogens is 230 g/mol. The van der Waals surface area contributed by atoms with E-state index in [0.717, 1.165) is 11.1 Å². The van der Waals surface area contributed by atoms with Gasteiger partial charge < -0.3 is 10.4 Å². The second kappa shape index (κ2) is 6.19. The van der Waals surface area contributed by atoms with Gasteiger partial charge in [0.15, 0.2) is 0 Å². The third kappa shape index (κ3) is 4.20. The third-order valence-corrected chi connectivity index (χ3v) is 2.73. The van der Waals surface area contributed by atoms with Gasteiger partial charge in [0, 0.05) is 0 Å². The quantitative estimate of drug-likeness (QED) is 0.835. The molecule has 1 aromatic rings. The number of benzene rings is 1. The van der Waals surface area contributed by atoms with E-state index in [2.05, 4.69) is 5.32 Å². The summed E-state index contributed by atoms with van der Waals surface area (Å²) >= 11 is 0. The van der Waals surface area contributed by atoms with Gasteiger partial charge >= 0.3 is 5.97 Å². The molecular formula is C14H19NO3. The van der Waals surface area contributed by atoms with Crippen LogP contribution in [0.25, 0.3) is 0 Å². The fourth-order valence-corrected chi connectivity index (χ4v) is 1.63. The first-order chi connectivity index (χ1) is 8.40. The fraction of sp³-hybridized carbons (Fsp3) is 0.429. The minimum atomic E-state index is -0.998. The van der Waals surface area contributed by atoms with Crippen molar-refractivity contribution in [3.8, 4) is 0 Å². The van der Waals surface area contributed by atoms with Crippen molar-refractivity contribution in [1.29, 1.82) is 0 Å². The molecule has 4 nitrogen and oxygen atoms in total. The van der Waals surface area contributed by atoms with Crippen molar-refractivity contribution in [2.24, 2.45) is 5.92 Å². The van der Waals surface area contributed by atoms with Crippen molar-refractivity contribution in [3.63, 3.8) is 0 Å². The van der Waals surface area contributed by atoms with E-state index in [9.17, 15) is 9.59 Å². The zero-order valence-electron chi connectivity index (χ0n) is 10.9. The van der Waals surface area contributed by atoms with Crippen molar-refractivity contribution < 1.29 is 14.7 Å². The lowest BCUT2D eigenvalue weighted by atomic mass is 10.0. The highest BCUT2D eigenvalue weighted by Gasteiger charge is 2.23. The second-order valence-corrected chi connectivity index (χ2v) is 4.79. The van der Waals surface area contributed by atoms with Crippen LogP contribution in [0.2, 0.25) is 0 Å². The van der Waals surface area contributed by atoms with Gasteiger partial charge in [-0.3, -0.25) is 4.79 Å². The van der Waals surface area contributed by atoms with Crippen LogP contribution in [-0.2, 0) is 16.0 Å². The van der Waals surface area contributed by atoms with E-state index in [1.54, 1.807) is 13.8 Å². The summed E-state index contributed by atoms with van der Waals surface area (Å²) in [5.74, 6) is -1.40. The normalized spacial score (nSPS) is 12.2. The number of carbonyl (C=O) groups is 2. The van der Waals surface area contributed by atoms with Crippen LogP contribution in [0.4, 0.5) is 0 Å². The van der Waals surface area contributed by atoms with Crippen LogP contribution in [0.3, 0.4) is 0 Å². The Kier molecular flexibility index (Phi) is 4.89. The van der Waals surface area contributed by atoms with Crippen LogP contribution >= 0.6 is 0 Å². The van der Waals surface area contributed by atoms with E-state index < -0.39 is 12.0 Å². The van der Waals surface area contributed by atoms with E-state index in [4.69, 9.17) is 5.11 Å². The molecule has 0 radical (unpaired) electrons. The lowest BCUT2D eigenvalue weighted by Crippen LogP contribution is -2.44. The Labute approximate surface area is 107 Å². The number of nitrogens with one attached hydrogen (secondary N) is 1. The molecule has 0 saturated heterocycles. The summed E-state index contributed by atoms with van der Waals surface area (Å²) in [6.45, 7) is 5.51. The zero-order chi connectivity index (χ0) is 13.7. The summed E-state index contributed by atoms with van der Waals surface area (Å²) < 4.78 is 0. The van der Waals surface area contributed by atoms with Gasteiger partial charge in [-0.05, 0) is 18.4 Å². The van der Waals surface area contributed by atoms with Gasteiger partial charge in [0.1, 0.15) is 6.04 Å². The Hall–Kier alpha value is -1.84. The Bertz CT molecular complexity index is 423. The van der Waals surface area contributed by atoms with Gasteiger partial charge in [-0.25, -0.2) is 4.79 Å². The number of aliphatic carboxylic acids is 1. The van der Waals surface area contributed by atoms with Crippen molar-refractivity contribution in [1.82, 2.24) is 5.32 Å². The van der Waals surface area contributed by atoms with Crippen molar-refractivity contribution in [2.45, 2.75) is 33.2 Å². The van der Waals surface area contributed by atoms with Gasteiger partial charge in [0.05, 0.1) is 6.42 Å². The van der Waals surface area contributed by atoms with Crippen molar-refractivity contribution in [2.75, 3.05) is 0 Å². The maximum atomic E-state index is 11.7. The molecule has 0 aliphatic carbocycles. The number of carboxylic acid groups (broad SMARTS) is 1. The van der Waals surface area contributed by atoms with Crippen molar-refractivity contribution in [3.05, 3.63) is 35.4 Å². The molecule has 1 unspecified atom stereocenters. The molecule has 0 heterocycles. The average molecular weight is 249 g/mol. The van der Waals surface area contributed by atoms with E-state index in [-0.39, 0.29) is 18.2 Å². The molecule has 1 rings (SSSR count). The van der Waals surface area contributed by atoms with Gasteiger partial charge in [-0.1, -0.05) is 43.7 Å². The van der Waals surface area contributed by atoms with Crippen LogP contribution in [0.5, 0.6) is 0 Å². The van der Waals surface area contributed by atoms with Crippen LogP contribution < -0.4 is 5.32 Å². The fourth-order valence-electron chi connectivity index (χ4n) is 1.63. The summed E-state index contributed by atoms with van der Waals surface area (Å²) in [7, 11) is 0. The second-order valence-electron chi connectivity index (χ2n) is 4.79. The first-order valence-electron chi connectivity index (χ1n) is 5.98. The number of carbonyl (C=O) groups excluding carboxylic acids is 1. The SMILES string of the molecule is Cc1ccc(CC(=O)NC(C(=O)O)C(C)C)cc1. The maximum Gasteiger partial charge on any atom is 0.326 e. The number of amides is 1. The number of hydrogen-bond acceptors (Lipinski definition) is 2. The molecule has 0 saturated carbocycles. The van der Waals surface area contributed by atoms with E-state index in [0.29, 0.717) is 0 Å². The molecule has 4 heteroatoms. The van der Waals surface area contributed by atoms with Crippen LogP contribution in [0, 0.1) is 12.8 Å². The molecule has 98 valence electrons. The Balaban J connectivity index is 2.60.